The number of halogens is 1. The van der Waals surface area contributed by atoms with Gasteiger partial charge in [0, 0.05) is 22.2 Å². The molecule has 1 fully saturated rings. The lowest BCUT2D eigenvalue weighted by Gasteiger charge is -2.38. The molecule has 27 heavy (non-hydrogen) atoms. The van der Waals surface area contributed by atoms with Crippen molar-refractivity contribution in [2.75, 3.05) is 13.1 Å². The van der Waals surface area contributed by atoms with Gasteiger partial charge in [0.05, 0.1) is 11.8 Å². The first-order valence-electron chi connectivity index (χ1n) is 9.48. The fourth-order valence-electron chi connectivity index (χ4n) is 4.83. The van der Waals surface area contributed by atoms with Crippen LogP contribution in [-0.2, 0) is 5.41 Å². The number of aliphatic hydroxyl groups excluding tert-OH is 1. The van der Waals surface area contributed by atoms with E-state index in [9.17, 15) is 5.11 Å². The zero-order valence-electron chi connectivity index (χ0n) is 15.0. The molecule has 2 aliphatic rings. The molecule has 0 unspecified atom stereocenters. The van der Waals surface area contributed by atoms with E-state index < -0.39 is 6.10 Å². The fourth-order valence-corrected chi connectivity index (χ4v) is 4.96. The van der Waals surface area contributed by atoms with Gasteiger partial charge in [-0.3, -0.25) is 4.68 Å². The van der Waals surface area contributed by atoms with Crippen molar-refractivity contribution >= 4 is 11.6 Å². The van der Waals surface area contributed by atoms with Gasteiger partial charge < -0.3 is 10.4 Å². The van der Waals surface area contributed by atoms with E-state index >= 15 is 0 Å². The first-order chi connectivity index (χ1) is 13.2. The average Bonchev–Trinajstić information content (AvgIpc) is 3.26. The van der Waals surface area contributed by atoms with Crippen LogP contribution in [0.5, 0.6) is 0 Å². The number of fused-ring (bicyclic) bond motifs is 2. The Bertz CT molecular complexity index is 960. The van der Waals surface area contributed by atoms with E-state index in [4.69, 9.17) is 16.7 Å². The normalized spacial score (nSPS) is 23.5. The summed E-state index contributed by atoms with van der Waals surface area (Å²) in [6.45, 7) is 1.88. The molecular formula is C22H22ClN3O. The summed E-state index contributed by atoms with van der Waals surface area (Å²) < 4.78 is 1.93. The van der Waals surface area contributed by atoms with E-state index in [2.05, 4.69) is 29.6 Å². The van der Waals surface area contributed by atoms with Crippen LogP contribution in [0.15, 0.2) is 60.8 Å². The minimum Gasteiger partial charge on any atom is -0.390 e. The SMILES string of the molecule is O[C@H]1[C@H](n2ccc(-c3ccc(Cl)cc3)n2)c2ccccc2C12CCNCC2. The molecule has 2 heterocycles. The Morgan fingerprint density at radius 2 is 1.78 bits per heavy atom. The highest BCUT2D eigenvalue weighted by Gasteiger charge is 2.52. The zero-order valence-corrected chi connectivity index (χ0v) is 15.7. The van der Waals surface area contributed by atoms with Crippen molar-refractivity contribution in [3.63, 3.8) is 0 Å². The first-order valence-corrected chi connectivity index (χ1v) is 9.86. The summed E-state index contributed by atoms with van der Waals surface area (Å²) in [6, 6.07) is 18.0. The second-order valence-electron chi connectivity index (χ2n) is 7.57. The highest BCUT2D eigenvalue weighted by atomic mass is 35.5. The fraction of sp³-hybridized carbons (Fsp3) is 0.318. The van der Waals surface area contributed by atoms with Gasteiger partial charge >= 0.3 is 0 Å². The summed E-state index contributed by atoms with van der Waals surface area (Å²) in [5.41, 5.74) is 4.21. The molecular weight excluding hydrogens is 358 g/mol. The van der Waals surface area contributed by atoms with Crippen LogP contribution in [0.2, 0.25) is 5.02 Å². The van der Waals surface area contributed by atoms with Gasteiger partial charge in [0.2, 0.25) is 0 Å². The van der Waals surface area contributed by atoms with E-state index in [0.29, 0.717) is 5.02 Å². The van der Waals surface area contributed by atoms with E-state index in [0.717, 1.165) is 37.2 Å². The van der Waals surface area contributed by atoms with Gasteiger partial charge in [-0.15, -0.1) is 0 Å². The van der Waals surface area contributed by atoms with Gasteiger partial charge in [0.15, 0.2) is 0 Å². The van der Waals surface area contributed by atoms with Crippen molar-refractivity contribution in [2.24, 2.45) is 0 Å². The number of hydrogen-bond acceptors (Lipinski definition) is 3. The molecule has 1 saturated heterocycles. The summed E-state index contributed by atoms with van der Waals surface area (Å²) in [5, 5.41) is 20.4. The smallest absolute Gasteiger partial charge is 0.104 e. The minimum absolute atomic E-state index is 0.152. The van der Waals surface area contributed by atoms with Crippen LogP contribution in [0.3, 0.4) is 0 Å². The zero-order chi connectivity index (χ0) is 18.4. The van der Waals surface area contributed by atoms with Gasteiger partial charge in [-0.1, -0.05) is 48.0 Å². The van der Waals surface area contributed by atoms with Crippen molar-refractivity contribution < 1.29 is 5.11 Å². The summed E-state index contributed by atoms with van der Waals surface area (Å²) in [7, 11) is 0. The number of nitrogens with zero attached hydrogens (tertiary/aromatic N) is 2. The van der Waals surface area contributed by atoms with Crippen LogP contribution >= 0.6 is 11.6 Å². The Hall–Kier alpha value is -2.14. The third kappa shape index (κ3) is 2.63. The van der Waals surface area contributed by atoms with Crippen LogP contribution < -0.4 is 5.32 Å². The number of hydrogen-bond donors (Lipinski definition) is 2. The van der Waals surface area contributed by atoms with E-state index in [1.165, 1.54) is 11.1 Å². The lowest BCUT2D eigenvalue weighted by molar-refractivity contribution is 0.0427. The molecule has 3 aromatic rings. The quantitative estimate of drug-likeness (QED) is 0.712. The van der Waals surface area contributed by atoms with Gasteiger partial charge in [0.25, 0.3) is 0 Å². The van der Waals surface area contributed by atoms with Crippen LogP contribution in [-0.4, -0.2) is 34.1 Å². The summed E-state index contributed by atoms with van der Waals surface area (Å²) in [5.74, 6) is 0. The maximum Gasteiger partial charge on any atom is 0.104 e. The molecule has 0 amide bonds. The van der Waals surface area contributed by atoms with Gasteiger partial charge in [0.1, 0.15) is 6.04 Å². The Balaban J connectivity index is 1.56. The molecule has 1 spiro atoms. The van der Waals surface area contributed by atoms with Gasteiger partial charge in [-0.05, 0) is 55.3 Å². The maximum atomic E-state index is 11.4. The Kier molecular flexibility index (Phi) is 4.08. The Morgan fingerprint density at radius 3 is 2.56 bits per heavy atom. The summed E-state index contributed by atoms with van der Waals surface area (Å²) in [4.78, 5) is 0. The van der Waals surface area contributed by atoms with E-state index in [-0.39, 0.29) is 11.5 Å². The van der Waals surface area contributed by atoms with Crippen LogP contribution in [0.1, 0.15) is 30.0 Å². The topological polar surface area (TPSA) is 50.1 Å². The van der Waals surface area contributed by atoms with Crippen molar-refractivity contribution in [3.05, 3.63) is 76.9 Å². The number of piperidine rings is 1. The molecule has 1 aromatic heterocycles. The Labute approximate surface area is 163 Å². The largest absolute Gasteiger partial charge is 0.390 e. The molecule has 138 valence electrons. The van der Waals surface area contributed by atoms with Crippen molar-refractivity contribution in [2.45, 2.75) is 30.4 Å². The highest BCUT2D eigenvalue weighted by Crippen LogP contribution is 2.51. The van der Waals surface area contributed by atoms with Crippen LogP contribution in [0, 0.1) is 0 Å². The molecule has 2 aromatic carbocycles. The van der Waals surface area contributed by atoms with Crippen molar-refractivity contribution in [1.82, 2.24) is 15.1 Å². The molecule has 5 heteroatoms. The molecule has 0 saturated carbocycles. The number of aliphatic hydroxyl groups is 1. The molecule has 1 aliphatic carbocycles. The molecule has 0 radical (unpaired) electrons. The second-order valence-corrected chi connectivity index (χ2v) is 8.01. The number of aromatic nitrogens is 2. The highest BCUT2D eigenvalue weighted by molar-refractivity contribution is 6.30. The van der Waals surface area contributed by atoms with Crippen LogP contribution in [0.4, 0.5) is 0 Å². The first kappa shape index (κ1) is 17.0. The Morgan fingerprint density at radius 1 is 1.04 bits per heavy atom. The predicted molar refractivity (Wildman–Crippen MR) is 107 cm³/mol. The van der Waals surface area contributed by atoms with Gasteiger partial charge in [-0.2, -0.15) is 5.10 Å². The van der Waals surface area contributed by atoms with Crippen molar-refractivity contribution in [1.29, 1.82) is 0 Å². The predicted octanol–water partition coefficient (Wildman–Crippen LogP) is 3.79. The minimum atomic E-state index is -0.477. The summed E-state index contributed by atoms with van der Waals surface area (Å²) >= 11 is 6.00. The third-order valence-corrected chi connectivity index (χ3v) is 6.46. The monoisotopic (exact) mass is 379 g/mol. The van der Waals surface area contributed by atoms with E-state index in [1.807, 2.05) is 41.2 Å². The lowest BCUT2D eigenvalue weighted by atomic mass is 9.72. The molecule has 0 bridgehead atoms. The lowest BCUT2D eigenvalue weighted by Crippen LogP contribution is -2.47. The standard InChI is InChI=1S/C22H22ClN3O/c23-16-7-5-15(6-8-16)19-9-14-26(25-19)20-17-3-1-2-4-18(17)22(21(20)27)10-12-24-13-11-22/h1-9,14,20-21,24,27H,10-13H2/t20-,21+/m1/s1. The second kappa shape index (κ2) is 6.48. The summed E-state index contributed by atoms with van der Waals surface area (Å²) in [6.07, 6.45) is 3.41. The molecule has 2 atom stereocenters. The molecule has 1 aliphatic heterocycles. The van der Waals surface area contributed by atoms with Gasteiger partial charge in [-0.25, -0.2) is 0 Å². The van der Waals surface area contributed by atoms with Crippen molar-refractivity contribution in [3.8, 4) is 11.3 Å². The molecule has 2 N–H and O–H groups in total. The number of rotatable bonds is 2. The molecule has 5 rings (SSSR count). The average molecular weight is 380 g/mol. The number of nitrogens with one attached hydrogen (secondary N) is 1. The number of benzene rings is 2. The maximum absolute atomic E-state index is 11.4. The van der Waals surface area contributed by atoms with E-state index in [1.54, 1.807) is 0 Å². The molecule has 4 nitrogen and oxygen atoms in total. The third-order valence-electron chi connectivity index (χ3n) is 6.21. The van der Waals surface area contributed by atoms with Crippen LogP contribution in [0.25, 0.3) is 11.3 Å².